The molecule has 6 aromatic rings. The van der Waals surface area contributed by atoms with E-state index in [1.165, 1.54) is 22.2 Å². The maximum atomic E-state index is 13.2. The van der Waals surface area contributed by atoms with Crippen molar-refractivity contribution >= 4 is 47.0 Å². The number of ether oxygens (including phenoxy) is 6. The number of rotatable bonds is 12. The predicted molar refractivity (Wildman–Crippen MR) is 229 cm³/mol. The van der Waals surface area contributed by atoms with E-state index in [4.69, 9.17) is 51.6 Å². The third-order valence-electron chi connectivity index (χ3n) is 9.05. The molecule has 312 valence electrons. The lowest BCUT2D eigenvalue weighted by molar-refractivity contribution is 0.205. The van der Waals surface area contributed by atoms with E-state index < -0.39 is 12.2 Å². The van der Waals surface area contributed by atoms with Gasteiger partial charge < -0.3 is 28.4 Å². The molecular weight excluding hydrogens is 811 g/mol. The van der Waals surface area contributed by atoms with E-state index in [0.29, 0.717) is 57.3 Å². The largest absolute Gasteiger partial charge is 0.497 e. The van der Waals surface area contributed by atoms with Crippen LogP contribution in [0.4, 0.5) is 21.2 Å². The molecule has 0 saturated carbocycles. The molecule has 6 rings (SSSR count). The van der Waals surface area contributed by atoms with Crippen LogP contribution >= 0.6 is 23.2 Å². The molecule has 0 aliphatic rings. The van der Waals surface area contributed by atoms with Crippen LogP contribution in [-0.2, 0) is 13.1 Å². The summed E-state index contributed by atoms with van der Waals surface area (Å²) in [5.74, 6) is 4.08. The molecule has 0 atom stereocenters. The molecule has 14 nitrogen and oxygen atoms in total. The summed E-state index contributed by atoms with van der Waals surface area (Å²) in [6.07, 6.45) is 1.75. The lowest BCUT2D eigenvalue weighted by Crippen LogP contribution is -2.34. The summed E-state index contributed by atoms with van der Waals surface area (Å²) in [7, 11) is 6.27. The Balaban J connectivity index is 0.000000228. The van der Waals surface area contributed by atoms with Gasteiger partial charge in [0.15, 0.2) is 0 Å². The van der Waals surface area contributed by atoms with E-state index in [9.17, 15) is 9.59 Å². The number of amides is 2. The highest BCUT2D eigenvalue weighted by Crippen LogP contribution is 2.31. The fourth-order valence-electron chi connectivity index (χ4n) is 5.99. The van der Waals surface area contributed by atoms with Crippen LogP contribution in [0.3, 0.4) is 0 Å². The number of para-hydroxylation sites is 2. The van der Waals surface area contributed by atoms with Crippen molar-refractivity contribution in [1.29, 1.82) is 0 Å². The van der Waals surface area contributed by atoms with Crippen LogP contribution in [0.15, 0.2) is 97.3 Å². The highest BCUT2D eigenvalue weighted by molar-refractivity contribution is 6.28. The lowest BCUT2D eigenvalue weighted by Gasteiger charge is -2.23. The first kappa shape index (κ1) is 44.5. The highest BCUT2D eigenvalue weighted by Gasteiger charge is 2.25. The fraction of sp³-hybridized carbons (Fsp3) is 0.227. The van der Waals surface area contributed by atoms with Crippen molar-refractivity contribution in [2.24, 2.45) is 0 Å². The van der Waals surface area contributed by atoms with E-state index in [1.807, 2.05) is 64.1 Å². The Kier molecular flexibility index (Phi) is 15.5. The Labute approximate surface area is 358 Å². The molecule has 0 fully saturated rings. The zero-order chi connectivity index (χ0) is 43.3. The van der Waals surface area contributed by atoms with E-state index in [2.05, 4.69) is 19.9 Å². The number of carbonyl (C=O) groups excluding carboxylic acids is 2. The average Bonchev–Trinajstić information content (AvgIpc) is 3.24. The number of methoxy groups -OCH3 is 4. The zero-order valence-electron chi connectivity index (χ0n) is 34.4. The second kappa shape index (κ2) is 20.9. The minimum atomic E-state index is -0.605. The van der Waals surface area contributed by atoms with Crippen molar-refractivity contribution in [2.75, 3.05) is 38.2 Å². The molecule has 16 heteroatoms. The lowest BCUT2D eigenvalue weighted by atomic mass is 10.1. The number of aromatic nitrogens is 4. The minimum absolute atomic E-state index is 0.0231. The second-order valence-corrected chi connectivity index (χ2v) is 13.7. The topological polar surface area (TPSA) is 148 Å². The van der Waals surface area contributed by atoms with Crippen LogP contribution in [0.1, 0.15) is 33.4 Å². The molecule has 60 heavy (non-hydrogen) atoms. The normalized spacial score (nSPS) is 10.4. The van der Waals surface area contributed by atoms with Gasteiger partial charge in [0.1, 0.15) is 46.1 Å². The molecule has 0 saturated heterocycles. The van der Waals surface area contributed by atoms with Crippen molar-refractivity contribution in [1.82, 2.24) is 19.9 Å². The Bertz CT molecular complexity index is 2240. The van der Waals surface area contributed by atoms with Gasteiger partial charge in [-0.3, -0.25) is 9.80 Å². The third-order valence-corrected chi connectivity index (χ3v) is 9.41. The standard InChI is InChI=1S/2C22H22ClN3O4/c2*1-14-6-5-7-15(2)20(14)30-22(27)26(19-10-11-24-21(23)25-19)13-16-12-17(28-3)8-9-18(16)29-4/h2*5-12H,13H2,1-4H3. The minimum Gasteiger partial charge on any atom is -0.497 e. The number of benzene rings is 4. The van der Waals surface area contributed by atoms with Gasteiger partial charge in [-0.2, -0.15) is 0 Å². The van der Waals surface area contributed by atoms with Crippen molar-refractivity contribution < 1.29 is 38.0 Å². The molecule has 2 heterocycles. The Morgan fingerprint density at radius 1 is 0.533 bits per heavy atom. The van der Waals surface area contributed by atoms with Crippen molar-refractivity contribution in [3.8, 4) is 34.5 Å². The van der Waals surface area contributed by atoms with Gasteiger partial charge in [-0.15, -0.1) is 0 Å². The van der Waals surface area contributed by atoms with E-state index >= 15 is 0 Å². The maximum absolute atomic E-state index is 13.2. The molecule has 0 bridgehead atoms. The summed E-state index contributed by atoms with van der Waals surface area (Å²) in [4.78, 5) is 45.3. The number of aryl methyl sites for hydroxylation is 4. The summed E-state index contributed by atoms with van der Waals surface area (Å²) >= 11 is 11.9. The smallest absolute Gasteiger partial charge is 0.421 e. The number of hydrogen-bond acceptors (Lipinski definition) is 12. The van der Waals surface area contributed by atoms with Crippen LogP contribution in [0.2, 0.25) is 10.6 Å². The Morgan fingerprint density at radius 2 is 0.900 bits per heavy atom. The average molecular weight is 856 g/mol. The van der Waals surface area contributed by atoms with Crippen LogP contribution in [0, 0.1) is 27.7 Å². The number of halogens is 2. The van der Waals surface area contributed by atoms with Crippen molar-refractivity contribution in [3.05, 3.63) is 141 Å². The molecule has 2 aromatic heterocycles. The molecule has 0 N–H and O–H groups in total. The van der Waals surface area contributed by atoms with Gasteiger partial charge in [0.05, 0.1) is 41.5 Å². The Hall–Kier alpha value is -6.64. The first-order valence-electron chi connectivity index (χ1n) is 18.4. The van der Waals surface area contributed by atoms with Crippen LogP contribution < -0.4 is 38.2 Å². The summed E-state index contributed by atoms with van der Waals surface area (Å²) < 4.78 is 33.0. The Morgan fingerprint density at radius 3 is 1.22 bits per heavy atom. The van der Waals surface area contributed by atoms with Gasteiger partial charge in [-0.1, -0.05) is 36.4 Å². The second-order valence-electron chi connectivity index (χ2n) is 13.1. The first-order valence-corrected chi connectivity index (χ1v) is 19.1. The molecule has 0 aliphatic carbocycles. The number of hydrogen-bond donors (Lipinski definition) is 0. The number of carbonyl (C=O) groups is 2. The van der Waals surface area contributed by atoms with Crippen LogP contribution in [0.25, 0.3) is 0 Å². The van der Waals surface area contributed by atoms with Gasteiger partial charge in [0.2, 0.25) is 10.6 Å². The molecule has 4 aromatic carbocycles. The molecule has 0 aliphatic heterocycles. The summed E-state index contributed by atoms with van der Waals surface area (Å²) in [6, 6.07) is 25.2. The van der Waals surface area contributed by atoms with Gasteiger partial charge in [-0.05, 0) is 122 Å². The monoisotopic (exact) mass is 854 g/mol. The van der Waals surface area contributed by atoms with Gasteiger partial charge in [-0.25, -0.2) is 29.5 Å². The molecule has 0 spiro atoms. The summed E-state index contributed by atoms with van der Waals surface area (Å²) in [5.41, 5.74) is 4.83. The van der Waals surface area contributed by atoms with E-state index in [0.717, 1.165) is 22.3 Å². The molecule has 0 unspecified atom stereocenters. The zero-order valence-corrected chi connectivity index (χ0v) is 35.9. The number of nitrogens with zero attached hydrogens (tertiary/aromatic N) is 6. The summed E-state index contributed by atoms with van der Waals surface area (Å²) in [6.45, 7) is 7.77. The van der Waals surface area contributed by atoms with Crippen LogP contribution in [0.5, 0.6) is 34.5 Å². The maximum Gasteiger partial charge on any atom is 0.421 e. The molecule has 2 amide bonds. The highest BCUT2D eigenvalue weighted by atomic mass is 35.5. The van der Waals surface area contributed by atoms with Gasteiger partial charge in [0, 0.05) is 23.5 Å². The fourth-order valence-corrected chi connectivity index (χ4v) is 6.27. The SMILES string of the molecule is COc1ccc(OC)c(CN(C(=O)Oc2c(C)cccc2C)c2ccnc(Cl)n2)c1.COc1ccc(OC)c(CN(C(=O)Oc2c(C)cccc2C)c2ccnc(Cl)n2)c1. The predicted octanol–water partition coefficient (Wildman–Crippen LogP) is 9.94. The van der Waals surface area contributed by atoms with Gasteiger partial charge >= 0.3 is 12.2 Å². The number of anilines is 2. The van der Waals surface area contributed by atoms with Crippen LogP contribution in [-0.4, -0.2) is 60.6 Å². The van der Waals surface area contributed by atoms with Crippen molar-refractivity contribution in [3.63, 3.8) is 0 Å². The van der Waals surface area contributed by atoms with Crippen molar-refractivity contribution in [2.45, 2.75) is 40.8 Å². The van der Waals surface area contributed by atoms with E-state index in [1.54, 1.807) is 77.0 Å². The van der Waals surface area contributed by atoms with E-state index in [-0.39, 0.29) is 23.7 Å². The summed E-state index contributed by atoms with van der Waals surface area (Å²) in [5, 5.41) is 0.0463. The quantitative estimate of drug-likeness (QED) is 0.108. The molecular formula is C44H44Cl2N6O8. The van der Waals surface area contributed by atoms with Gasteiger partial charge in [0.25, 0.3) is 0 Å². The third kappa shape index (κ3) is 11.3. The first-order chi connectivity index (χ1) is 28.8. The molecule has 0 radical (unpaired) electrons.